The first kappa shape index (κ1) is 17.6. The van der Waals surface area contributed by atoms with Crippen LogP contribution in [0.2, 0.25) is 10.0 Å². The van der Waals surface area contributed by atoms with E-state index in [1.807, 2.05) is 0 Å². The second kappa shape index (κ2) is 7.76. The summed E-state index contributed by atoms with van der Waals surface area (Å²) in [4.78, 5) is 27.9. The second-order valence-electron chi connectivity index (χ2n) is 5.59. The quantitative estimate of drug-likeness (QED) is 0.766. The predicted molar refractivity (Wildman–Crippen MR) is 96.7 cm³/mol. The van der Waals surface area contributed by atoms with E-state index in [1.165, 1.54) is 12.3 Å². The third-order valence-electron chi connectivity index (χ3n) is 3.98. The maximum Gasteiger partial charge on any atom is 0.289 e. The van der Waals surface area contributed by atoms with Crippen LogP contribution in [-0.2, 0) is 4.79 Å². The van der Waals surface area contributed by atoms with Crippen LogP contribution >= 0.6 is 23.2 Å². The number of carbonyl (C=O) groups is 2. The Hall–Kier alpha value is -2.24. The molecule has 5 nitrogen and oxygen atoms in total. The zero-order valence-corrected chi connectivity index (χ0v) is 14.8. The average Bonchev–Trinajstić information content (AvgIpc) is 3.15. The normalized spacial score (nSPS) is 15.0. The molecule has 0 spiro atoms. The number of benzene rings is 1. The van der Waals surface area contributed by atoms with Crippen molar-refractivity contribution in [3.05, 3.63) is 64.0 Å². The largest absolute Gasteiger partial charge is 0.459 e. The van der Waals surface area contributed by atoms with Crippen LogP contribution in [0.4, 0.5) is 0 Å². The van der Waals surface area contributed by atoms with Gasteiger partial charge >= 0.3 is 0 Å². The standard InChI is InChI=1S/C18H16Cl2N2O3/c19-14-5-3-13(15(20)12-14)4-6-17(23)21-7-9-22(10-8-21)18(24)16-2-1-11-25-16/h1-6,11-12H,7-10H2/b6-4+. The van der Waals surface area contributed by atoms with Gasteiger partial charge in [-0.25, -0.2) is 0 Å². The number of rotatable bonds is 3. The zero-order valence-electron chi connectivity index (χ0n) is 13.3. The van der Waals surface area contributed by atoms with E-state index in [-0.39, 0.29) is 11.8 Å². The molecule has 1 aromatic carbocycles. The number of furan rings is 1. The van der Waals surface area contributed by atoms with Crippen LogP contribution in [-0.4, -0.2) is 47.8 Å². The molecule has 2 heterocycles. The van der Waals surface area contributed by atoms with E-state index in [2.05, 4.69) is 0 Å². The van der Waals surface area contributed by atoms with Gasteiger partial charge in [-0.15, -0.1) is 0 Å². The number of halogens is 2. The van der Waals surface area contributed by atoms with Gasteiger partial charge in [-0.1, -0.05) is 29.3 Å². The molecular weight excluding hydrogens is 363 g/mol. The molecule has 2 amide bonds. The van der Waals surface area contributed by atoms with Crippen LogP contribution in [0.15, 0.2) is 47.1 Å². The fraction of sp³-hybridized carbons (Fsp3) is 0.222. The van der Waals surface area contributed by atoms with Crippen molar-refractivity contribution in [2.24, 2.45) is 0 Å². The van der Waals surface area contributed by atoms with E-state index in [9.17, 15) is 9.59 Å². The molecule has 1 saturated heterocycles. The van der Waals surface area contributed by atoms with Crippen molar-refractivity contribution >= 4 is 41.1 Å². The minimum atomic E-state index is -0.152. The van der Waals surface area contributed by atoms with Gasteiger partial charge in [0.05, 0.1) is 6.26 Å². The van der Waals surface area contributed by atoms with Crippen LogP contribution in [0.3, 0.4) is 0 Å². The molecule has 0 bridgehead atoms. The van der Waals surface area contributed by atoms with Gasteiger partial charge < -0.3 is 14.2 Å². The summed E-state index contributed by atoms with van der Waals surface area (Å²) in [5.41, 5.74) is 0.728. The van der Waals surface area contributed by atoms with Crippen molar-refractivity contribution in [3.63, 3.8) is 0 Å². The topological polar surface area (TPSA) is 53.8 Å². The Morgan fingerprint density at radius 3 is 2.40 bits per heavy atom. The second-order valence-corrected chi connectivity index (χ2v) is 6.44. The Bertz CT molecular complexity index is 795. The fourth-order valence-corrected chi connectivity index (χ4v) is 3.06. The number of amides is 2. The predicted octanol–water partition coefficient (Wildman–Crippen LogP) is 3.58. The zero-order chi connectivity index (χ0) is 17.8. The maximum absolute atomic E-state index is 12.3. The van der Waals surface area contributed by atoms with E-state index in [0.29, 0.717) is 42.0 Å². The number of carbonyl (C=O) groups excluding carboxylic acids is 2. The van der Waals surface area contributed by atoms with Gasteiger partial charge in [0.25, 0.3) is 5.91 Å². The highest BCUT2D eigenvalue weighted by Gasteiger charge is 2.25. The third-order valence-corrected chi connectivity index (χ3v) is 4.54. The van der Waals surface area contributed by atoms with Crippen molar-refractivity contribution < 1.29 is 14.0 Å². The molecule has 0 atom stereocenters. The van der Waals surface area contributed by atoms with Gasteiger partial charge in [0.15, 0.2) is 5.76 Å². The minimum absolute atomic E-state index is 0.115. The molecule has 0 unspecified atom stereocenters. The molecule has 7 heteroatoms. The lowest BCUT2D eigenvalue weighted by Crippen LogP contribution is -2.50. The monoisotopic (exact) mass is 378 g/mol. The molecule has 1 fully saturated rings. The van der Waals surface area contributed by atoms with Crippen molar-refractivity contribution in [1.29, 1.82) is 0 Å². The van der Waals surface area contributed by atoms with E-state index in [4.69, 9.17) is 27.6 Å². The SMILES string of the molecule is O=C(/C=C/c1ccc(Cl)cc1Cl)N1CCN(C(=O)c2ccco2)CC1. The van der Waals surface area contributed by atoms with E-state index < -0.39 is 0 Å². The highest BCUT2D eigenvalue weighted by atomic mass is 35.5. The Labute approximate surface area is 155 Å². The smallest absolute Gasteiger partial charge is 0.289 e. The number of hydrogen-bond donors (Lipinski definition) is 0. The van der Waals surface area contributed by atoms with Crippen LogP contribution in [0.25, 0.3) is 6.08 Å². The molecule has 1 aliphatic heterocycles. The van der Waals surface area contributed by atoms with Gasteiger partial charge in [-0.2, -0.15) is 0 Å². The van der Waals surface area contributed by atoms with Gasteiger partial charge in [0.1, 0.15) is 0 Å². The summed E-state index contributed by atoms with van der Waals surface area (Å²) in [5, 5.41) is 1.04. The average molecular weight is 379 g/mol. The molecule has 3 rings (SSSR count). The first-order valence-corrected chi connectivity index (χ1v) is 8.55. The molecule has 1 aromatic heterocycles. The number of nitrogens with zero attached hydrogens (tertiary/aromatic N) is 2. The van der Waals surface area contributed by atoms with Crippen molar-refractivity contribution in [2.45, 2.75) is 0 Å². The summed E-state index contributed by atoms with van der Waals surface area (Å²) in [6.45, 7) is 1.90. The van der Waals surface area contributed by atoms with Gasteiger partial charge in [0.2, 0.25) is 5.91 Å². The molecule has 25 heavy (non-hydrogen) atoms. The molecule has 0 saturated carbocycles. The highest BCUT2D eigenvalue weighted by molar-refractivity contribution is 6.35. The lowest BCUT2D eigenvalue weighted by molar-refractivity contribution is -0.127. The minimum Gasteiger partial charge on any atom is -0.459 e. The molecular formula is C18H16Cl2N2O3. The lowest BCUT2D eigenvalue weighted by atomic mass is 10.2. The number of piperazine rings is 1. The van der Waals surface area contributed by atoms with Gasteiger partial charge in [0, 0.05) is 42.3 Å². The molecule has 2 aromatic rings. The van der Waals surface area contributed by atoms with E-state index in [1.54, 1.807) is 46.2 Å². The molecule has 0 aliphatic carbocycles. The summed E-state index contributed by atoms with van der Waals surface area (Å²) in [6, 6.07) is 8.43. The molecule has 1 aliphatic rings. The Kier molecular flexibility index (Phi) is 5.46. The summed E-state index contributed by atoms with van der Waals surface area (Å²) >= 11 is 11.9. The van der Waals surface area contributed by atoms with E-state index >= 15 is 0 Å². The van der Waals surface area contributed by atoms with Crippen LogP contribution in [0.5, 0.6) is 0 Å². The number of hydrogen-bond acceptors (Lipinski definition) is 3. The summed E-state index contributed by atoms with van der Waals surface area (Å²) in [7, 11) is 0. The van der Waals surface area contributed by atoms with Crippen molar-refractivity contribution in [2.75, 3.05) is 26.2 Å². The first-order valence-electron chi connectivity index (χ1n) is 7.79. The van der Waals surface area contributed by atoms with Crippen LogP contribution in [0, 0.1) is 0 Å². The summed E-state index contributed by atoms with van der Waals surface area (Å²) in [6.07, 6.45) is 4.63. The molecule has 0 radical (unpaired) electrons. The Balaban J connectivity index is 1.56. The summed E-state index contributed by atoms with van der Waals surface area (Å²) < 4.78 is 5.13. The Morgan fingerprint density at radius 1 is 1.04 bits per heavy atom. The first-order chi connectivity index (χ1) is 12.0. The summed E-state index contributed by atoms with van der Waals surface area (Å²) in [5.74, 6) is 0.0498. The fourth-order valence-electron chi connectivity index (χ4n) is 2.59. The molecule has 130 valence electrons. The van der Waals surface area contributed by atoms with Gasteiger partial charge in [-0.05, 0) is 35.9 Å². The van der Waals surface area contributed by atoms with E-state index in [0.717, 1.165) is 5.56 Å². The molecule has 0 N–H and O–H groups in total. The van der Waals surface area contributed by atoms with Crippen molar-refractivity contribution in [1.82, 2.24) is 9.80 Å². The van der Waals surface area contributed by atoms with Crippen LogP contribution < -0.4 is 0 Å². The maximum atomic E-state index is 12.3. The Morgan fingerprint density at radius 2 is 1.76 bits per heavy atom. The van der Waals surface area contributed by atoms with Gasteiger partial charge in [-0.3, -0.25) is 9.59 Å². The lowest BCUT2D eigenvalue weighted by Gasteiger charge is -2.33. The highest BCUT2D eigenvalue weighted by Crippen LogP contribution is 2.22. The third kappa shape index (κ3) is 4.24. The van der Waals surface area contributed by atoms with Crippen LogP contribution in [0.1, 0.15) is 16.1 Å². The van der Waals surface area contributed by atoms with Crippen molar-refractivity contribution in [3.8, 4) is 0 Å².